The minimum absolute atomic E-state index is 0.111. The summed E-state index contributed by atoms with van der Waals surface area (Å²) in [6.45, 7) is 4.02. The SMILES string of the molecule is CCc1ccc(N(CC(=O)N(CC)Cc2nc(-c3cccs3)no2)S(C)(=O)=O)cc1. The lowest BCUT2D eigenvalue weighted by atomic mass is 10.1. The van der Waals surface area contributed by atoms with Crippen LogP contribution in [0, 0.1) is 0 Å². The van der Waals surface area contributed by atoms with Crippen molar-refractivity contribution in [2.24, 2.45) is 0 Å². The maximum Gasteiger partial charge on any atom is 0.246 e. The second kappa shape index (κ2) is 9.40. The van der Waals surface area contributed by atoms with Crippen LogP contribution in [0.5, 0.6) is 0 Å². The van der Waals surface area contributed by atoms with Crippen LogP contribution in [0.3, 0.4) is 0 Å². The summed E-state index contributed by atoms with van der Waals surface area (Å²) in [5, 5.41) is 5.87. The maximum atomic E-state index is 12.9. The number of thiophene rings is 1. The average Bonchev–Trinajstić information content (AvgIpc) is 3.41. The Balaban J connectivity index is 1.74. The zero-order chi connectivity index (χ0) is 21.7. The number of likely N-dealkylation sites (N-methyl/N-ethyl adjacent to an activating group) is 1. The van der Waals surface area contributed by atoms with Gasteiger partial charge in [0.1, 0.15) is 13.1 Å². The van der Waals surface area contributed by atoms with Crippen molar-refractivity contribution in [1.29, 1.82) is 0 Å². The number of carbonyl (C=O) groups is 1. The van der Waals surface area contributed by atoms with Crippen molar-refractivity contribution in [1.82, 2.24) is 15.0 Å². The fraction of sp³-hybridized carbons (Fsp3) is 0.350. The zero-order valence-electron chi connectivity index (χ0n) is 17.1. The molecule has 0 radical (unpaired) electrons. The van der Waals surface area contributed by atoms with Crippen LogP contribution >= 0.6 is 11.3 Å². The second-order valence-electron chi connectivity index (χ2n) is 6.69. The lowest BCUT2D eigenvalue weighted by molar-refractivity contribution is -0.130. The third-order valence-corrected chi connectivity index (χ3v) is 6.59. The molecule has 3 rings (SSSR count). The standard InChI is InChI=1S/C20H24N4O4S2/c1-4-15-8-10-16(11-9-15)24(30(3,26)27)14-19(25)23(5-2)13-18-21-20(22-28-18)17-7-6-12-29-17/h6-12H,4-5,13-14H2,1-3H3. The smallest absolute Gasteiger partial charge is 0.246 e. The quantitative estimate of drug-likeness (QED) is 0.499. The third kappa shape index (κ3) is 5.25. The number of rotatable bonds is 9. The third-order valence-electron chi connectivity index (χ3n) is 4.58. The maximum absolute atomic E-state index is 12.9. The first kappa shape index (κ1) is 22.0. The van der Waals surface area contributed by atoms with Gasteiger partial charge in [-0.1, -0.05) is 30.3 Å². The Morgan fingerprint density at radius 2 is 1.90 bits per heavy atom. The van der Waals surface area contributed by atoms with E-state index in [9.17, 15) is 13.2 Å². The fourth-order valence-corrected chi connectivity index (χ4v) is 4.38. The lowest BCUT2D eigenvalue weighted by Crippen LogP contribution is -2.42. The Bertz CT molecular complexity index is 1080. The molecule has 2 heterocycles. The Labute approximate surface area is 180 Å². The lowest BCUT2D eigenvalue weighted by Gasteiger charge is -2.26. The Morgan fingerprint density at radius 1 is 1.17 bits per heavy atom. The van der Waals surface area contributed by atoms with Crippen molar-refractivity contribution in [2.75, 3.05) is 23.7 Å². The molecule has 0 aliphatic heterocycles. The van der Waals surface area contributed by atoms with Crippen LogP contribution in [0.25, 0.3) is 10.7 Å². The van der Waals surface area contributed by atoms with Crippen LogP contribution < -0.4 is 4.31 Å². The van der Waals surface area contributed by atoms with Crippen LogP contribution in [-0.2, 0) is 27.8 Å². The van der Waals surface area contributed by atoms with Crippen LogP contribution in [-0.4, -0.2) is 48.7 Å². The summed E-state index contributed by atoms with van der Waals surface area (Å²) in [6.07, 6.45) is 1.94. The monoisotopic (exact) mass is 448 g/mol. The Kier molecular flexibility index (Phi) is 6.88. The molecule has 0 spiro atoms. The van der Waals surface area contributed by atoms with E-state index >= 15 is 0 Å². The first-order valence-electron chi connectivity index (χ1n) is 9.52. The van der Waals surface area contributed by atoms with Gasteiger partial charge in [-0.25, -0.2) is 8.42 Å². The number of hydrogen-bond acceptors (Lipinski definition) is 7. The molecule has 1 aromatic carbocycles. The molecule has 0 unspecified atom stereocenters. The van der Waals surface area contributed by atoms with Crippen molar-refractivity contribution < 1.29 is 17.7 Å². The summed E-state index contributed by atoms with van der Waals surface area (Å²) in [6, 6.07) is 10.9. The van der Waals surface area contributed by atoms with Gasteiger partial charge in [0.25, 0.3) is 0 Å². The molecular formula is C20H24N4O4S2. The number of aromatic nitrogens is 2. The van der Waals surface area contributed by atoms with Crippen LogP contribution in [0.1, 0.15) is 25.3 Å². The Morgan fingerprint density at radius 3 is 2.47 bits per heavy atom. The summed E-state index contributed by atoms with van der Waals surface area (Å²) < 4.78 is 31.1. The minimum atomic E-state index is -3.64. The number of sulfonamides is 1. The fourth-order valence-electron chi connectivity index (χ4n) is 2.89. The van der Waals surface area contributed by atoms with Gasteiger partial charge >= 0.3 is 0 Å². The number of nitrogens with zero attached hydrogens (tertiary/aromatic N) is 4. The summed E-state index contributed by atoms with van der Waals surface area (Å²) in [4.78, 5) is 19.6. The van der Waals surface area contributed by atoms with Crippen molar-refractivity contribution in [3.8, 4) is 10.7 Å². The highest BCUT2D eigenvalue weighted by atomic mass is 32.2. The van der Waals surface area contributed by atoms with E-state index in [1.807, 2.05) is 43.5 Å². The van der Waals surface area contributed by atoms with Crippen LogP contribution in [0.2, 0.25) is 0 Å². The average molecular weight is 449 g/mol. The van der Waals surface area contributed by atoms with E-state index in [4.69, 9.17) is 4.52 Å². The summed E-state index contributed by atoms with van der Waals surface area (Å²) in [5.74, 6) is 0.419. The minimum Gasteiger partial charge on any atom is -0.337 e. The normalized spacial score (nSPS) is 11.4. The van der Waals surface area contributed by atoms with Gasteiger partial charge in [-0.05, 0) is 42.5 Å². The van der Waals surface area contributed by atoms with Gasteiger partial charge in [-0.2, -0.15) is 4.98 Å². The van der Waals surface area contributed by atoms with Gasteiger partial charge < -0.3 is 9.42 Å². The second-order valence-corrected chi connectivity index (χ2v) is 9.54. The predicted octanol–water partition coefficient (Wildman–Crippen LogP) is 3.18. The summed E-state index contributed by atoms with van der Waals surface area (Å²) in [5.41, 5.74) is 1.54. The molecule has 1 amide bonds. The molecule has 160 valence electrons. The van der Waals surface area contributed by atoms with Crippen molar-refractivity contribution >= 4 is 33.0 Å². The number of carbonyl (C=O) groups excluding carboxylic acids is 1. The highest BCUT2D eigenvalue weighted by molar-refractivity contribution is 7.92. The van der Waals surface area contributed by atoms with Gasteiger partial charge in [-0.15, -0.1) is 11.3 Å². The molecule has 0 aliphatic rings. The number of benzene rings is 1. The van der Waals surface area contributed by atoms with Crippen molar-refractivity contribution in [2.45, 2.75) is 26.8 Å². The highest BCUT2D eigenvalue weighted by Gasteiger charge is 2.25. The van der Waals surface area contributed by atoms with Crippen LogP contribution in [0.15, 0.2) is 46.3 Å². The number of amides is 1. The van der Waals surface area contributed by atoms with Crippen molar-refractivity contribution in [3.63, 3.8) is 0 Å². The van der Waals surface area contributed by atoms with E-state index in [0.717, 1.165) is 27.4 Å². The van der Waals surface area contributed by atoms with E-state index in [1.54, 1.807) is 12.1 Å². The molecule has 0 aliphatic carbocycles. The van der Waals surface area contributed by atoms with Gasteiger partial charge in [-0.3, -0.25) is 9.10 Å². The molecule has 0 N–H and O–H groups in total. The molecule has 8 nitrogen and oxygen atoms in total. The van der Waals surface area contributed by atoms with E-state index in [2.05, 4.69) is 10.1 Å². The van der Waals surface area contributed by atoms with Gasteiger partial charge in [0.2, 0.25) is 27.6 Å². The molecular weight excluding hydrogens is 424 g/mol. The largest absolute Gasteiger partial charge is 0.337 e. The first-order chi connectivity index (χ1) is 14.3. The van der Waals surface area contributed by atoms with E-state index in [-0.39, 0.29) is 19.0 Å². The predicted molar refractivity (Wildman–Crippen MR) is 117 cm³/mol. The molecule has 0 atom stereocenters. The van der Waals surface area contributed by atoms with E-state index in [0.29, 0.717) is 23.9 Å². The summed E-state index contributed by atoms with van der Waals surface area (Å²) >= 11 is 1.49. The molecule has 0 bridgehead atoms. The molecule has 2 aromatic heterocycles. The number of hydrogen-bond donors (Lipinski definition) is 0. The molecule has 30 heavy (non-hydrogen) atoms. The molecule has 0 fully saturated rings. The van der Waals surface area contributed by atoms with E-state index in [1.165, 1.54) is 16.2 Å². The van der Waals surface area contributed by atoms with Crippen molar-refractivity contribution in [3.05, 3.63) is 53.2 Å². The first-order valence-corrected chi connectivity index (χ1v) is 12.3. The van der Waals surface area contributed by atoms with Gasteiger partial charge in [0, 0.05) is 6.54 Å². The highest BCUT2D eigenvalue weighted by Crippen LogP contribution is 2.22. The summed E-state index contributed by atoms with van der Waals surface area (Å²) in [7, 11) is -3.64. The molecule has 0 saturated heterocycles. The van der Waals surface area contributed by atoms with E-state index < -0.39 is 10.0 Å². The molecule has 0 saturated carbocycles. The molecule has 10 heteroatoms. The Hall–Kier alpha value is -2.72. The van der Waals surface area contributed by atoms with Crippen LogP contribution in [0.4, 0.5) is 5.69 Å². The molecule has 3 aromatic rings. The number of aryl methyl sites for hydroxylation is 1. The topological polar surface area (TPSA) is 96.6 Å². The zero-order valence-corrected chi connectivity index (χ0v) is 18.7. The van der Waals surface area contributed by atoms with Gasteiger partial charge in [0.05, 0.1) is 16.8 Å². The number of anilines is 1. The van der Waals surface area contributed by atoms with Gasteiger partial charge in [0.15, 0.2) is 0 Å².